The summed E-state index contributed by atoms with van der Waals surface area (Å²) in [5.74, 6) is 0. The van der Waals surface area contributed by atoms with Gasteiger partial charge in [0.2, 0.25) is 0 Å². The van der Waals surface area contributed by atoms with Gasteiger partial charge in [0, 0.05) is 27.4 Å². The zero-order chi connectivity index (χ0) is 14.4. The Balaban J connectivity index is 1.81. The van der Waals surface area contributed by atoms with Crippen LogP contribution in [0.3, 0.4) is 0 Å². The molecule has 108 valence electrons. The minimum absolute atomic E-state index is 0.00252. The first-order chi connectivity index (χ1) is 9.66. The fraction of sp³-hybridized carbons (Fsp3) is 0.375. The van der Waals surface area contributed by atoms with Crippen LogP contribution >= 0.6 is 27.3 Å². The summed E-state index contributed by atoms with van der Waals surface area (Å²) in [5.41, 5.74) is 7.39. The summed E-state index contributed by atoms with van der Waals surface area (Å²) in [7, 11) is 0. The smallest absolute Gasteiger partial charge is 0.106 e. The van der Waals surface area contributed by atoms with Crippen molar-refractivity contribution >= 4 is 27.3 Å². The second-order valence-corrected chi connectivity index (χ2v) is 6.77. The largest absolute Gasteiger partial charge is 0.371 e. The summed E-state index contributed by atoms with van der Waals surface area (Å²) in [6.45, 7) is 2.73. The number of aryl methyl sites for hydroxylation is 1. The molecule has 0 fully saturated rings. The first kappa shape index (κ1) is 15.7. The molecule has 0 radical (unpaired) electrons. The van der Waals surface area contributed by atoms with Crippen LogP contribution in [0.2, 0.25) is 0 Å². The Hall–Kier alpha value is -0.680. The van der Waals surface area contributed by atoms with E-state index < -0.39 is 0 Å². The lowest BCUT2D eigenvalue weighted by molar-refractivity contribution is 0.0393. The van der Waals surface area contributed by atoms with Crippen LogP contribution in [0.4, 0.5) is 0 Å². The van der Waals surface area contributed by atoms with Gasteiger partial charge in [0.15, 0.2) is 0 Å². The summed E-state index contributed by atoms with van der Waals surface area (Å²) in [6.07, 6.45) is 2.04. The third kappa shape index (κ3) is 4.70. The summed E-state index contributed by atoms with van der Waals surface area (Å²) >= 11 is 5.16. The molecular weight excluding hydrogens is 334 g/mol. The zero-order valence-corrected chi connectivity index (χ0v) is 14.0. The maximum Gasteiger partial charge on any atom is 0.106 e. The molecule has 0 bridgehead atoms. The van der Waals surface area contributed by atoms with Crippen LogP contribution in [0, 0.1) is 0 Å². The molecule has 2 unspecified atom stereocenters. The Kier molecular flexibility index (Phi) is 6.23. The molecule has 0 aliphatic heterocycles. The van der Waals surface area contributed by atoms with Crippen molar-refractivity contribution in [3.63, 3.8) is 0 Å². The van der Waals surface area contributed by atoms with E-state index in [2.05, 4.69) is 51.6 Å². The number of hydrogen-bond donors (Lipinski definition) is 1. The van der Waals surface area contributed by atoms with Gasteiger partial charge in [0.1, 0.15) is 6.10 Å². The minimum atomic E-state index is -0.0120. The Labute approximate surface area is 133 Å². The Morgan fingerprint density at radius 3 is 2.65 bits per heavy atom. The van der Waals surface area contributed by atoms with Crippen LogP contribution in [-0.2, 0) is 11.2 Å². The van der Waals surface area contributed by atoms with Crippen LogP contribution < -0.4 is 5.73 Å². The molecule has 0 amide bonds. The standard InChI is InChI=1S/C16H20BrNOS/c1-12(18)16(15-10-14(17)11-20-15)19-9-5-8-13-6-3-2-4-7-13/h2-4,6-7,10-12,16H,5,8-9,18H2,1H3. The van der Waals surface area contributed by atoms with Gasteiger partial charge in [-0.1, -0.05) is 30.3 Å². The zero-order valence-electron chi connectivity index (χ0n) is 11.6. The van der Waals surface area contributed by atoms with Gasteiger partial charge < -0.3 is 10.5 Å². The summed E-state index contributed by atoms with van der Waals surface area (Å²) < 4.78 is 7.08. The molecule has 0 aliphatic carbocycles. The SMILES string of the molecule is CC(N)C(OCCCc1ccccc1)c1cc(Br)cs1. The highest BCUT2D eigenvalue weighted by Crippen LogP contribution is 2.29. The Morgan fingerprint density at radius 1 is 1.30 bits per heavy atom. The van der Waals surface area contributed by atoms with Gasteiger partial charge >= 0.3 is 0 Å². The lowest BCUT2D eigenvalue weighted by Crippen LogP contribution is -2.26. The molecule has 20 heavy (non-hydrogen) atoms. The van der Waals surface area contributed by atoms with Crippen molar-refractivity contribution in [1.82, 2.24) is 0 Å². The van der Waals surface area contributed by atoms with E-state index in [4.69, 9.17) is 10.5 Å². The van der Waals surface area contributed by atoms with Gasteiger partial charge in [0.25, 0.3) is 0 Å². The number of thiophene rings is 1. The molecule has 1 heterocycles. The van der Waals surface area contributed by atoms with E-state index >= 15 is 0 Å². The number of nitrogens with two attached hydrogens (primary N) is 1. The fourth-order valence-electron chi connectivity index (χ4n) is 2.10. The van der Waals surface area contributed by atoms with Crippen molar-refractivity contribution in [2.24, 2.45) is 5.73 Å². The van der Waals surface area contributed by atoms with Crippen molar-refractivity contribution in [2.75, 3.05) is 6.61 Å². The van der Waals surface area contributed by atoms with E-state index in [0.29, 0.717) is 0 Å². The van der Waals surface area contributed by atoms with Crippen molar-refractivity contribution in [2.45, 2.75) is 31.9 Å². The van der Waals surface area contributed by atoms with E-state index in [1.54, 1.807) is 11.3 Å². The maximum absolute atomic E-state index is 6.04. The van der Waals surface area contributed by atoms with Gasteiger partial charge in [-0.15, -0.1) is 11.3 Å². The van der Waals surface area contributed by atoms with Gasteiger partial charge in [-0.3, -0.25) is 0 Å². The molecule has 2 N–H and O–H groups in total. The van der Waals surface area contributed by atoms with Crippen LogP contribution in [-0.4, -0.2) is 12.6 Å². The molecule has 1 aromatic heterocycles. The van der Waals surface area contributed by atoms with Gasteiger partial charge in [-0.25, -0.2) is 0 Å². The second kappa shape index (κ2) is 7.93. The van der Waals surface area contributed by atoms with E-state index in [-0.39, 0.29) is 12.1 Å². The monoisotopic (exact) mass is 353 g/mol. The van der Waals surface area contributed by atoms with Crippen LogP contribution in [0.25, 0.3) is 0 Å². The molecule has 1 aromatic carbocycles. The van der Waals surface area contributed by atoms with Gasteiger partial charge in [0.05, 0.1) is 0 Å². The van der Waals surface area contributed by atoms with E-state index in [0.717, 1.165) is 23.9 Å². The minimum Gasteiger partial charge on any atom is -0.371 e. The van der Waals surface area contributed by atoms with Crippen molar-refractivity contribution in [3.8, 4) is 0 Å². The highest BCUT2D eigenvalue weighted by molar-refractivity contribution is 9.10. The van der Waals surface area contributed by atoms with Gasteiger partial charge in [-0.2, -0.15) is 0 Å². The van der Waals surface area contributed by atoms with E-state index in [1.807, 2.05) is 13.0 Å². The lowest BCUT2D eigenvalue weighted by Gasteiger charge is -2.20. The average Bonchev–Trinajstić information content (AvgIpc) is 2.85. The van der Waals surface area contributed by atoms with Crippen LogP contribution in [0.5, 0.6) is 0 Å². The first-order valence-corrected chi connectivity index (χ1v) is 8.49. The maximum atomic E-state index is 6.04. The molecular formula is C16H20BrNOS. The molecule has 0 saturated heterocycles. The van der Waals surface area contributed by atoms with Crippen molar-refractivity contribution in [1.29, 1.82) is 0 Å². The summed E-state index contributed by atoms with van der Waals surface area (Å²) in [6, 6.07) is 12.6. The molecule has 0 spiro atoms. The van der Waals surface area contributed by atoms with E-state index in [1.165, 1.54) is 10.4 Å². The lowest BCUT2D eigenvalue weighted by atomic mass is 10.1. The molecule has 0 aliphatic rings. The van der Waals surface area contributed by atoms with Crippen LogP contribution in [0.1, 0.15) is 29.9 Å². The van der Waals surface area contributed by atoms with Crippen LogP contribution in [0.15, 0.2) is 46.3 Å². The van der Waals surface area contributed by atoms with Crippen molar-refractivity contribution in [3.05, 3.63) is 56.7 Å². The highest BCUT2D eigenvalue weighted by atomic mass is 79.9. The number of benzene rings is 1. The molecule has 4 heteroatoms. The number of ether oxygens (including phenoxy) is 1. The fourth-order valence-corrected chi connectivity index (χ4v) is 3.71. The molecule has 2 nitrogen and oxygen atoms in total. The summed E-state index contributed by atoms with van der Waals surface area (Å²) in [5, 5.41) is 2.07. The molecule has 2 atom stereocenters. The van der Waals surface area contributed by atoms with Crippen molar-refractivity contribution < 1.29 is 4.74 Å². The normalized spacial score (nSPS) is 14.2. The molecule has 0 saturated carbocycles. The number of rotatable bonds is 7. The second-order valence-electron chi connectivity index (χ2n) is 4.91. The predicted molar refractivity (Wildman–Crippen MR) is 89.1 cm³/mol. The molecule has 2 rings (SSSR count). The van der Waals surface area contributed by atoms with Gasteiger partial charge in [-0.05, 0) is 47.3 Å². The Morgan fingerprint density at radius 2 is 2.05 bits per heavy atom. The predicted octanol–water partition coefficient (Wildman–Crippen LogP) is 4.55. The average molecular weight is 354 g/mol. The Bertz CT molecular complexity index is 512. The third-order valence-electron chi connectivity index (χ3n) is 3.10. The number of halogens is 1. The summed E-state index contributed by atoms with van der Waals surface area (Å²) in [4.78, 5) is 1.19. The quantitative estimate of drug-likeness (QED) is 0.741. The first-order valence-electron chi connectivity index (χ1n) is 6.82. The topological polar surface area (TPSA) is 35.2 Å². The molecule has 2 aromatic rings. The van der Waals surface area contributed by atoms with E-state index in [9.17, 15) is 0 Å². The third-order valence-corrected chi connectivity index (χ3v) is 4.85. The highest BCUT2D eigenvalue weighted by Gasteiger charge is 2.18. The number of hydrogen-bond acceptors (Lipinski definition) is 3.